The lowest BCUT2D eigenvalue weighted by molar-refractivity contribution is 0.156. The minimum absolute atomic E-state index is 0.111. The number of ether oxygens (including phenoxy) is 1. The third kappa shape index (κ3) is 7.02. The SMILES string of the molecule is C/C=C(Br)\C(CN1CCC(c2cccc(OCc3ccc(Cl)cc3F)n2)CC1)=N/OCC. The van der Waals surface area contributed by atoms with Gasteiger partial charge < -0.3 is 9.57 Å². The molecule has 1 saturated heterocycles. The molecule has 1 fully saturated rings. The maximum atomic E-state index is 14.0. The van der Waals surface area contributed by atoms with Crippen molar-refractivity contribution < 1.29 is 14.0 Å². The summed E-state index contributed by atoms with van der Waals surface area (Å²) < 4.78 is 20.7. The summed E-state index contributed by atoms with van der Waals surface area (Å²) in [6.45, 7) is 7.18. The Balaban J connectivity index is 1.56. The van der Waals surface area contributed by atoms with Gasteiger partial charge in [0.25, 0.3) is 0 Å². The van der Waals surface area contributed by atoms with E-state index in [1.54, 1.807) is 18.2 Å². The second kappa shape index (κ2) is 12.3. The van der Waals surface area contributed by atoms with Crippen LogP contribution in [-0.4, -0.2) is 41.8 Å². The molecule has 0 bridgehead atoms. The number of hydrogen-bond donors (Lipinski definition) is 0. The Morgan fingerprint density at radius 1 is 1.31 bits per heavy atom. The number of allylic oxidation sites excluding steroid dienone is 1. The van der Waals surface area contributed by atoms with Crippen LogP contribution in [0.1, 0.15) is 43.9 Å². The molecule has 2 heterocycles. The molecule has 0 aliphatic carbocycles. The van der Waals surface area contributed by atoms with E-state index in [2.05, 4.69) is 31.0 Å². The number of pyridine rings is 1. The number of aromatic nitrogens is 1. The van der Waals surface area contributed by atoms with Crippen molar-refractivity contribution in [2.24, 2.45) is 5.16 Å². The maximum Gasteiger partial charge on any atom is 0.213 e. The van der Waals surface area contributed by atoms with Gasteiger partial charge in [-0.3, -0.25) is 4.90 Å². The normalized spacial score (nSPS) is 16.3. The molecule has 1 aliphatic heterocycles. The van der Waals surface area contributed by atoms with Crippen molar-refractivity contribution >= 4 is 33.2 Å². The van der Waals surface area contributed by atoms with Gasteiger partial charge >= 0.3 is 0 Å². The van der Waals surface area contributed by atoms with Gasteiger partial charge in [-0.25, -0.2) is 9.37 Å². The van der Waals surface area contributed by atoms with Crippen molar-refractivity contribution in [3.8, 4) is 5.88 Å². The lowest BCUT2D eigenvalue weighted by atomic mass is 9.93. The van der Waals surface area contributed by atoms with Gasteiger partial charge in [-0.05, 0) is 73.9 Å². The summed E-state index contributed by atoms with van der Waals surface area (Å²) in [5, 5.41) is 4.62. The molecule has 2 aromatic rings. The number of likely N-dealkylation sites (tertiary alicyclic amines) is 1. The van der Waals surface area contributed by atoms with Gasteiger partial charge in [0.05, 0.1) is 0 Å². The lowest BCUT2D eigenvalue weighted by Gasteiger charge is -2.31. The molecule has 0 radical (unpaired) electrons. The molecular formula is C24H28BrClFN3O2. The smallest absolute Gasteiger partial charge is 0.213 e. The third-order valence-corrected chi connectivity index (χ3v) is 6.50. The summed E-state index contributed by atoms with van der Waals surface area (Å²) >= 11 is 9.38. The number of rotatable bonds is 9. The second-order valence-electron chi connectivity index (χ2n) is 7.57. The first-order valence-electron chi connectivity index (χ1n) is 10.8. The van der Waals surface area contributed by atoms with Crippen LogP contribution in [0.3, 0.4) is 0 Å². The summed E-state index contributed by atoms with van der Waals surface area (Å²) in [6.07, 6.45) is 3.98. The Hall–Kier alpha value is -1.96. The Bertz CT molecular complexity index is 962. The van der Waals surface area contributed by atoms with E-state index in [0.717, 1.165) is 48.4 Å². The standard InChI is InChI=1S/C24H28BrClFN3O2/c1-3-20(25)23(29-32-4-2)15-30-12-10-17(11-13-30)22-6-5-7-24(28-22)31-16-18-8-9-19(26)14-21(18)27/h3,5-9,14,17H,4,10-13,15-16H2,1-2H3/b20-3+,29-23-. The first-order valence-corrected chi connectivity index (χ1v) is 11.9. The Labute approximate surface area is 202 Å². The molecule has 1 aromatic heterocycles. The zero-order valence-electron chi connectivity index (χ0n) is 18.4. The first kappa shape index (κ1) is 24.7. The van der Waals surface area contributed by atoms with Gasteiger partial charge in [-0.2, -0.15) is 0 Å². The minimum Gasteiger partial charge on any atom is -0.473 e. The monoisotopic (exact) mass is 523 g/mol. The Morgan fingerprint density at radius 2 is 2.09 bits per heavy atom. The molecule has 172 valence electrons. The molecular weight excluding hydrogens is 497 g/mol. The summed E-state index contributed by atoms with van der Waals surface area (Å²) in [6, 6.07) is 10.4. The van der Waals surface area contributed by atoms with Crippen LogP contribution >= 0.6 is 27.5 Å². The van der Waals surface area contributed by atoms with Crippen LogP contribution in [0.15, 0.2) is 52.1 Å². The van der Waals surface area contributed by atoms with Gasteiger partial charge in [-0.1, -0.05) is 35.0 Å². The summed E-state index contributed by atoms with van der Waals surface area (Å²) in [4.78, 5) is 12.3. The van der Waals surface area contributed by atoms with Crippen LogP contribution in [0, 0.1) is 5.82 Å². The van der Waals surface area contributed by atoms with Gasteiger partial charge in [0.2, 0.25) is 5.88 Å². The van der Waals surface area contributed by atoms with Crippen molar-refractivity contribution in [1.82, 2.24) is 9.88 Å². The van der Waals surface area contributed by atoms with Crippen molar-refractivity contribution in [1.29, 1.82) is 0 Å². The molecule has 0 atom stereocenters. The van der Waals surface area contributed by atoms with E-state index in [1.165, 1.54) is 6.07 Å². The zero-order chi connectivity index (χ0) is 22.9. The van der Waals surface area contributed by atoms with Crippen molar-refractivity contribution in [3.05, 3.63) is 69.1 Å². The average Bonchev–Trinajstić information content (AvgIpc) is 2.81. The van der Waals surface area contributed by atoms with Crippen LogP contribution in [-0.2, 0) is 11.4 Å². The molecule has 0 N–H and O–H groups in total. The molecule has 0 saturated carbocycles. The van der Waals surface area contributed by atoms with Gasteiger partial charge in [-0.15, -0.1) is 0 Å². The zero-order valence-corrected chi connectivity index (χ0v) is 20.7. The highest BCUT2D eigenvalue weighted by Gasteiger charge is 2.23. The molecule has 32 heavy (non-hydrogen) atoms. The molecule has 0 unspecified atom stereocenters. The van der Waals surface area contributed by atoms with Crippen LogP contribution in [0.5, 0.6) is 5.88 Å². The number of benzene rings is 1. The number of halogens is 3. The molecule has 3 rings (SSSR count). The minimum atomic E-state index is -0.377. The topological polar surface area (TPSA) is 47.0 Å². The molecule has 8 heteroatoms. The molecule has 1 aliphatic rings. The number of piperidine rings is 1. The van der Waals surface area contributed by atoms with Gasteiger partial charge in [0, 0.05) is 39.3 Å². The fourth-order valence-electron chi connectivity index (χ4n) is 3.58. The number of nitrogens with zero attached hydrogens (tertiary/aromatic N) is 3. The van der Waals surface area contributed by atoms with Crippen LogP contribution in [0.2, 0.25) is 5.02 Å². The van der Waals surface area contributed by atoms with Crippen molar-refractivity contribution in [2.75, 3.05) is 26.2 Å². The van der Waals surface area contributed by atoms with E-state index < -0.39 is 0 Å². The van der Waals surface area contributed by atoms with E-state index in [9.17, 15) is 4.39 Å². The number of hydrogen-bond acceptors (Lipinski definition) is 5. The highest BCUT2D eigenvalue weighted by Crippen LogP contribution is 2.28. The summed E-state index contributed by atoms with van der Waals surface area (Å²) in [5.74, 6) is 0.486. The van der Waals surface area contributed by atoms with E-state index in [-0.39, 0.29) is 12.4 Å². The molecule has 1 aromatic carbocycles. The molecule has 5 nitrogen and oxygen atoms in total. The van der Waals surface area contributed by atoms with E-state index in [0.29, 0.717) is 29.0 Å². The Morgan fingerprint density at radius 3 is 2.78 bits per heavy atom. The first-order chi connectivity index (χ1) is 15.5. The van der Waals surface area contributed by atoms with E-state index >= 15 is 0 Å². The largest absolute Gasteiger partial charge is 0.473 e. The van der Waals surface area contributed by atoms with E-state index in [4.69, 9.17) is 21.2 Å². The summed E-state index contributed by atoms with van der Waals surface area (Å²) in [7, 11) is 0. The summed E-state index contributed by atoms with van der Waals surface area (Å²) in [5.41, 5.74) is 2.36. The molecule has 0 spiro atoms. The average molecular weight is 525 g/mol. The second-order valence-corrected chi connectivity index (χ2v) is 8.86. The van der Waals surface area contributed by atoms with Crippen LogP contribution < -0.4 is 4.74 Å². The highest BCUT2D eigenvalue weighted by molar-refractivity contribution is 9.12. The third-order valence-electron chi connectivity index (χ3n) is 5.35. The lowest BCUT2D eigenvalue weighted by Crippen LogP contribution is -2.37. The van der Waals surface area contributed by atoms with Crippen molar-refractivity contribution in [2.45, 2.75) is 39.2 Å². The quantitative estimate of drug-likeness (QED) is 0.284. The van der Waals surface area contributed by atoms with Gasteiger partial charge in [0.15, 0.2) is 0 Å². The molecule has 0 amide bonds. The van der Waals surface area contributed by atoms with E-state index in [1.807, 2.05) is 32.1 Å². The van der Waals surface area contributed by atoms with Crippen LogP contribution in [0.25, 0.3) is 0 Å². The number of oxime groups is 1. The predicted octanol–water partition coefficient (Wildman–Crippen LogP) is 6.32. The van der Waals surface area contributed by atoms with Crippen LogP contribution in [0.4, 0.5) is 4.39 Å². The highest BCUT2D eigenvalue weighted by atomic mass is 79.9. The maximum absolute atomic E-state index is 14.0. The fourth-order valence-corrected chi connectivity index (χ4v) is 3.94. The van der Waals surface area contributed by atoms with Crippen molar-refractivity contribution in [3.63, 3.8) is 0 Å². The fraction of sp³-hybridized carbons (Fsp3) is 0.417. The Kier molecular flexibility index (Phi) is 9.51. The van der Waals surface area contributed by atoms with Gasteiger partial charge in [0.1, 0.15) is 24.7 Å². The predicted molar refractivity (Wildman–Crippen MR) is 130 cm³/mol.